The zero-order chi connectivity index (χ0) is 15.7. The van der Waals surface area contributed by atoms with Crippen molar-refractivity contribution in [3.8, 4) is 11.8 Å². The first-order valence-corrected chi connectivity index (χ1v) is 6.08. The number of benzene rings is 1. The number of primary amides is 1. The number of hydrogen-bond acceptors (Lipinski definition) is 4. The van der Waals surface area contributed by atoms with E-state index in [9.17, 15) is 14.0 Å². The van der Waals surface area contributed by atoms with Crippen molar-refractivity contribution in [1.82, 2.24) is 5.32 Å². The topological polar surface area (TPSA) is 102 Å². The normalized spacial score (nSPS) is 9.62. The number of aliphatic hydroxyl groups excluding tert-OH is 1. The Bertz CT molecular complexity index is 578. The van der Waals surface area contributed by atoms with Gasteiger partial charge in [0.1, 0.15) is 19.0 Å². The fraction of sp³-hybridized carbons (Fsp3) is 0.286. The van der Waals surface area contributed by atoms with Crippen molar-refractivity contribution >= 4 is 11.8 Å². The molecular weight excluding hydrogens is 279 g/mol. The highest BCUT2D eigenvalue weighted by Crippen LogP contribution is 2.10. The minimum Gasteiger partial charge on any atom is -0.384 e. The molecule has 0 heterocycles. The molecule has 0 unspecified atom stereocenters. The van der Waals surface area contributed by atoms with Crippen molar-refractivity contribution in [3.63, 3.8) is 0 Å². The molecule has 4 N–H and O–H groups in total. The highest BCUT2D eigenvalue weighted by atomic mass is 19.1. The van der Waals surface area contributed by atoms with Crippen LogP contribution in [0.25, 0.3) is 0 Å². The van der Waals surface area contributed by atoms with E-state index < -0.39 is 24.2 Å². The number of rotatable bonds is 6. The van der Waals surface area contributed by atoms with E-state index in [1.165, 1.54) is 6.07 Å². The lowest BCUT2D eigenvalue weighted by molar-refractivity contribution is -0.122. The predicted molar refractivity (Wildman–Crippen MR) is 72.7 cm³/mol. The number of carbonyl (C=O) groups is 2. The number of amides is 2. The summed E-state index contributed by atoms with van der Waals surface area (Å²) >= 11 is 0. The largest absolute Gasteiger partial charge is 0.384 e. The van der Waals surface area contributed by atoms with E-state index in [0.717, 1.165) is 12.1 Å². The standard InChI is InChI=1S/C14H15FN2O4/c15-11-3-4-12(10(8-11)2-1-6-18)14(20)17-5-7-21-9-13(16)19/h3-4,8,18H,5-7,9H2,(H2,16,19)(H,17,20). The Morgan fingerprint density at radius 2 is 2.19 bits per heavy atom. The van der Waals surface area contributed by atoms with Crippen LogP contribution in [0, 0.1) is 17.7 Å². The van der Waals surface area contributed by atoms with Crippen LogP contribution in [0.4, 0.5) is 4.39 Å². The van der Waals surface area contributed by atoms with E-state index in [0.29, 0.717) is 0 Å². The summed E-state index contributed by atoms with van der Waals surface area (Å²) in [7, 11) is 0. The van der Waals surface area contributed by atoms with Crippen LogP contribution in [0.15, 0.2) is 18.2 Å². The first kappa shape index (κ1) is 16.6. The number of hydrogen-bond donors (Lipinski definition) is 3. The second-order valence-corrected chi connectivity index (χ2v) is 3.92. The smallest absolute Gasteiger partial charge is 0.252 e. The quantitative estimate of drug-likeness (QED) is 0.481. The van der Waals surface area contributed by atoms with Crippen molar-refractivity contribution in [2.75, 3.05) is 26.4 Å². The highest BCUT2D eigenvalue weighted by molar-refractivity contribution is 5.96. The number of halogens is 1. The molecule has 0 saturated heterocycles. The third-order valence-electron chi connectivity index (χ3n) is 2.30. The maximum atomic E-state index is 13.1. The molecule has 1 rings (SSSR count). The molecule has 2 amide bonds. The van der Waals surface area contributed by atoms with Gasteiger partial charge in [-0.2, -0.15) is 0 Å². The summed E-state index contributed by atoms with van der Waals surface area (Å²) in [5.74, 6) is 3.28. The molecule has 0 fully saturated rings. The summed E-state index contributed by atoms with van der Waals surface area (Å²) < 4.78 is 18.0. The number of nitrogens with two attached hydrogens (primary N) is 1. The van der Waals surface area contributed by atoms with Gasteiger partial charge < -0.3 is 20.9 Å². The number of aliphatic hydroxyl groups is 1. The predicted octanol–water partition coefficient (Wildman–Crippen LogP) is -0.599. The Morgan fingerprint density at radius 1 is 1.43 bits per heavy atom. The lowest BCUT2D eigenvalue weighted by Gasteiger charge is -2.07. The zero-order valence-electron chi connectivity index (χ0n) is 11.2. The average molecular weight is 294 g/mol. The number of nitrogens with one attached hydrogen (secondary N) is 1. The third kappa shape index (κ3) is 6.03. The molecule has 112 valence electrons. The lowest BCUT2D eigenvalue weighted by atomic mass is 10.1. The van der Waals surface area contributed by atoms with Crippen LogP contribution < -0.4 is 11.1 Å². The molecule has 0 aliphatic heterocycles. The van der Waals surface area contributed by atoms with Crippen LogP contribution in [-0.4, -0.2) is 43.3 Å². The van der Waals surface area contributed by atoms with E-state index in [2.05, 4.69) is 17.2 Å². The highest BCUT2D eigenvalue weighted by Gasteiger charge is 2.10. The van der Waals surface area contributed by atoms with E-state index in [-0.39, 0.29) is 30.9 Å². The summed E-state index contributed by atoms with van der Waals surface area (Å²) in [5, 5.41) is 11.2. The van der Waals surface area contributed by atoms with Crippen molar-refractivity contribution in [2.24, 2.45) is 5.73 Å². The van der Waals surface area contributed by atoms with Crippen LogP contribution in [-0.2, 0) is 9.53 Å². The van der Waals surface area contributed by atoms with Crippen LogP contribution in [0.3, 0.4) is 0 Å². The molecule has 6 nitrogen and oxygen atoms in total. The molecule has 7 heteroatoms. The zero-order valence-corrected chi connectivity index (χ0v) is 11.2. The van der Waals surface area contributed by atoms with Crippen LogP contribution in [0.1, 0.15) is 15.9 Å². The summed E-state index contributed by atoms with van der Waals surface area (Å²) in [6.45, 7) is -0.331. The van der Waals surface area contributed by atoms with Gasteiger partial charge in [0.25, 0.3) is 5.91 Å². The van der Waals surface area contributed by atoms with Crippen LogP contribution in [0.5, 0.6) is 0 Å². The van der Waals surface area contributed by atoms with Gasteiger partial charge in [0.2, 0.25) is 5.91 Å². The molecule has 0 bridgehead atoms. The molecule has 0 atom stereocenters. The molecule has 0 spiro atoms. The van der Waals surface area contributed by atoms with Gasteiger partial charge >= 0.3 is 0 Å². The number of ether oxygens (including phenoxy) is 1. The summed E-state index contributed by atoms with van der Waals surface area (Å²) in [6.07, 6.45) is 0. The van der Waals surface area contributed by atoms with Crippen LogP contribution in [0.2, 0.25) is 0 Å². The number of carbonyl (C=O) groups excluding carboxylic acids is 2. The first-order chi connectivity index (χ1) is 10.0. The van der Waals surface area contributed by atoms with Gasteiger partial charge in [-0.15, -0.1) is 0 Å². The molecule has 0 aliphatic carbocycles. The fourth-order valence-corrected chi connectivity index (χ4v) is 1.46. The second-order valence-electron chi connectivity index (χ2n) is 3.92. The minimum atomic E-state index is -0.596. The van der Waals surface area contributed by atoms with Gasteiger partial charge in [-0.3, -0.25) is 9.59 Å². The summed E-state index contributed by atoms with van der Waals surface area (Å²) in [6, 6.07) is 3.56. The second kappa shape index (κ2) is 8.68. The molecule has 0 radical (unpaired) electrons. The van der Waals surface area contributed by atoms with E-state index in [1.54, 1.807) is 0 Å². The van der Waals surface area contributed by atoms with Crippen LogP contribution >= 0.6 is 0 Å². The maximum Gasteiger partial charge on any atom is 0.252 e. The van der Waals surface area contributed by atoms with E-state index >= 15 is 0 Å². The van der Waals surface area contributed by atoms with Gasteiger partial charge in [0, 0.05) is 12.1 Å². The molecule has 1 aromatic carbocycles. The van der Waals surface area contributed by atoms with Crippen molar-refractivity contribution < 1.29 is 23.8 Å². The third-order valence-corrected chi connectivity index (χ3v) is 2.30. The molecule has 0 aliphatic rings. The Kier molecular flexibility index (Phi) is 6.87. The Labute approximate surface area is 121 Å². The Morgan fingerprint density at radius 3 is 2.86 bits per heavy atom. The van der Waals surface area contributed by atoms with Gasteiger partial charge in [0.15, 0.2) is 0 Å². The van der Waals surface area contributed by atoms with Gasteiger partial charge in [-0.25, -0.2) is 4.39 Å². The monoisotopic (exact) mass is 294 g/mol. The molecule has 0 saturated carbocycles. The van der Waals surface area contributed by atoms with E-state index in [4.69, 9.17) is 15.6 Å². The Hall–Kier alpha value is -2.43. The van der Waals surface area contributed by atoms with Gasteiger partial charge in [0.05, 0.1) is 12.2 Å². The van der Waals surface area contributed by atoms with Crippen molar-refractivity contribution in [3.05, 3.63) is 35.1 Å². The minimum absolute atomic E-state index is 0.119. The molecule has 0 aromatic heterocycles. The van der Waals surface area contributed by atoms with E-state index in [1.807, 2.05) is 0 Å². The average Bonchev–Trinajstić information content (AvgIpc) is 2.44. The molecular formula is C14H15FN2O4. The molecule has 21 heavy (non-hydrogen) atoms. The first-order valence-electron chi connectivity index (χ1n) is 6.08. The van der Waals surface area contributed by atoms with Crippen molar-refractivity contribution in [2.45, 2.75) is 0 Å². The maximum absolute atomic E-state index is 13.1. The fourth-order valence-electron chi connectivity index (χ4n) is 1.46. The summed E-state index contributed by atoms with van der Waals surface area (Å²) in [5.41, 5.74) is 5.25. The molecule has 1 aromatic rings. The Balaban J connectivity index is 2.63. The lowest BCUT2D eigenvalue weighted by Crippen LogP contribution is -2.29. The summed E-state index contributed by atoms with van der Waals surface area (Å²) in [4.78, 5) is 22.4. The van der Waals surface area contributed by atoms with Gasteiger partial charge in [-0.1, -0.05) is 11.8 Å². The van der Waals surface area contributed by atoms with Gasteiger partial charge in [-0.05, 0) is 18.2 Å². The SMILES string of the molecule is NC(=O)COCCNC(=O)c1ccc(F)cc1C#CCO. The van der Waals surface area contributed by atoms with Crippen molar-refractivity contribution in [1.29, 1.82) is 0 Å².